The van der Waals surface area contributed by atoms with Gasteiger partial charge in [0, 0.05) is 34.4 Å². The van der Waals surface area contributed by atoms with Crippen molar-refractivity contribution in [3.8, 4) is 0 Å². The van der Waals surface area contributed by atoms with E-state index in [1.54, 1.807) is 36.3 Å². The number of imidazole rings is 1. The van der Waals surface area contributed by atoms with E-state index in [2.05, 4.69) is 15.4 Å². The van der Waals surface area contributed by atoms with E-state index >= 15 is 0 Å². The Bertz CT molecular complexity index is 1220. The summed E-state index contributed by atoms with van der Waals surface area (Å²) >= 11 is 3.02. The molecule has 0 bridgehead atoms. The summed E-state index contributed by atoms with van der Waals surface area (Å²) in [6, 6.07) is 11.3. The van der Waals surface area contributed by atoms with E-state index in [0.717, 1.165) is 16.3 Å². The number of rotatable bonds is 7. The summed E-state index contributed by atoms with van der Waals surface area (Å²) in [6.07, 6.45) is 5.98. The van der Waals surface area contributed by atoms with Crippen molar-refractivity contribution >= 4 is 41.3 Å². The largest absolute Gasteiger partial charge is 0.469 e. The summed E-state index contributed by atoms with van der Waals surface area (Å²) in [5, 5.41) is -0.0890. The number of aromatic amines is 1. The predicted octanol–water partition coefficient (Wildman–Crippen LogP) is 3.02. The van der Waals surface area contributed by atoms with Crippen LogP contribution in [0.2, 0.25) is 0 Å². The molecule has 174 valence electrons. The molecule has 11 heteroatoms. The van der Waals surface area contributed by atoms with Crippen molar-refractivity contribution in [3.05, 3.63) is 82.8 Å². The zero-order chi connectivity index (χ0) is 23.5. The zero-order valence-electron chi connectivity index (χ0n) is 17.9. The molecule has 3 aromatic rings. The minimum Gasteiger partial charge on any atom is -0.469 e. The van der Waals surface area contributed by atoms with Crippen molar-refractivity contribution in [2.24, 2.45) is 0 Å². The van der Waals surface area contributed by atoms with Gasteiger partial charge in [-0.15, -0.1) is 11.8 Å². The van der Waals surface area contributed by atoms with Crippen molar-refractivity contribution in [1.82, 2.24) is 20.3 Å². The lowest BCUT2D eigenvalue weighted by atomic mass is 10.1. The van der Waals surface area contributed by atoms with Gasteiger partial charge in [0.05, 0.1) is 24.5 Å². The van der Waals surface area contributed by atoms with Gasteiger partial charge in [-0.25, -0.2) is 9.78 Å². The minimum atomic E-state index is -0.761. The van der Waals surface area contributed by atoms with Crippen molar-refractivity contribution < 1.29 is 23.6 Å². The molecule has 0 aliphatic carbocycles. The van der Waals surface area contributed by atoms with Gasteiger partial charge in [-0.3, -0.25) is 14.5 Å². The molecular formula is C23H20N4O5S2. The summed E-state index contributed by atoms with van der Waals surface area (Å²) in [5.41, 5.74) is 3.44. The van der Waals surface area contributed by atoms with E-state index in [1.807, 2.05) is 24.3 Å². The van der Waals surface area contributed by atoms with Crippen molar-refractivity contribution in [2.45, 2.75) is 29.5 Å². The predicted molar refractivity (Wildman–Crippen MR) is 125 cm³/mol. The molecule has 9 nitrogen and oxygen atoms in total. The van der Waals surface area contributed by atoms with Gasteiger partial charge in [0.25, 0.3) is 5.91 Å². The number of carbonyl (C=O) groups is 3. The van der Waals surface area contributed by atoms with E-state index in [4.69, 9.17) is 9.25 Å². The van der Waals surface area contributed by atoms with Crippen molar-refractivity contribution in [1.29, 1.82) is 0 Å². The number of aromatic nitrogens is 2. The first kappa shape index (κ1) is 22.4. The first-order valence-electron chi connectivity index (χ1n) is 10.5. The second-order valence-corrected chi connectivity index (χ2v) is 9.97. The molecule has 2 amide bonds. The molecule has 1 fully saturated rings. The van der Waals surface area contributed by atoms with Crippen LogP contribution in [0, 0.1) is 0 Å². The van der Waals surface area contributed by atoms with Gasteiger partial charge in [-0.05, 0) is 29.8 Å². The SMILES string of the molecule is O=C(Cc1ccco1)NOC(=O)C1=C(Sc2ccc(Cc3ncc[nH]3)cc2)CS[C@H]2CC(=O)N12. The Morgan fingerprint density at radius 1 is 1.29 bits per heavy atom. The van der Waals surface area contributed by atoms with Crippen LogP contribution in [-0.4, -0.2) is 43.8 Å². The molecule has 0 unspecified atom stereocenters. The molecule has 34 heavy (non-hydrogen) atoms. The first-order valence-corrected chi connectivity index (χ1v) is 12.4. The highest BCUT2D eigenvalue weighted by molar-refractivity contribution is 8.06. The number of hydrogen-bond donors (Lipinski definition) is 2. The molecule has 1 saturated heterocycles. The highest BCUT2D eigenvalue weighted by Crippen LogP contribution is 2.45. The average molecular weight is 497 g/mol. The molecule has 2 aliphatic rings. The fourth-order valence-electron chi connectivity index (χ4n) is 3.62. The smallest absolute Gasteiger partial charge is 0.380 e. The van der Waals surface area contributed by atoms with Crippen molar-refractivity contribution in [3.63, 3.8) is 0 Å². The van der Waals surface area contributed by atoms with Crippen molar-refractivity contribution in [2.75, 3.05) is 5.75 Å². The molecule has 1 atom stereocenters. The topological polar surface area (TPSA) is 118 Å². The van der Waals surface area contributed by atoms with Gasteiger partial charge < -0.3 is 14.2 Å². The van der Waals surface area contributed by atoms with Crippen LogP contribution in [0.1, 0.15) is 23.6 Å². The highest BCUT2D eigenvalue weighted by Gasteiger charge is 2.46. The number of carbonyl (C=O) groups excluding carboxylic acids is 3. The van der Waals surface area contributed by atoms with E-state index < -0.39 is 11.9 Å². The van der Waals surface area contributed by atoms with Gasteiger partial charge in [-0.1, -0.05) is 23.9 Å². The molecule has 2 N–H and O–H groups in total. The van der Waals surface area contributed by atoms with Crippen LogP contribution in [0.25, 0.3) is 0 Å². The second-order valence-electron chi connectivity index (χ2n) is 7.63. The van der Waals surface area contributed by atoms with Gasteiger partial charge >= 0.3 is 5.97 Å². The van der Waals surface area contributed by atoms with Crippen LogP contribution in [0.5, 0.6) is 0 Å². The maximum Gasteiger partial charge on any atom is 0.380 e. The molecule has 5 rings (SSSR count). The number of amides is 2. The third-order valence-corrected chi connectivity index (χ3v) is 7.77. The average Bonchev–Trinajstić information content (AvgIpc) is 3.53. The number of H-pyrrole nitrogens is 1. The Morgan fingerprint density at radius 2 is 2.15 bits per heavy atom. The Morgan fingerprint density at radius 3 is 2.85 bits per heavy atom. The Labute approximate surface area is 203 Å². The normalized spacial score (nSPS) is 17.2. The number of hydrogen-bond acceptors (Lipinski definition) is 8. The van der Waals surface area contributed by atoms with Crippen LogP contribution in [-0.2, 0) is 32.1 Å². The minimum absolute atomic E-state index is 0.0631. The number of thioether (sulfide) groups is 2. The molecule has 4 heterocycles. The first-order chi connectivity index (χ1) is 16.6. The highest BCUT2D eigenvalue weighted by atomic mass is 32.2. The van der Waals surface area contributed by atoms with Crippen LogP contribution in [0.4, 0.5) is 0 Å². The maximum absolute atomic E-state index is 12.9. The van der Waals surface area contributed by atoms with Crippen LogP contribution in [0.3, 0.4) is 0 Å². The second kappa shape index (κ2) is 9.82. The fourth-order valence-corrected chi connectivity index (χ4v) is 6.01. The molecule has 2 aliphatic heterocycles. The van der Waals surface area contributed by atoms with Crippen LogP contribution >= 0.6 is 23.5 Å². The summed E-state index contributed by atoms with van der Waals surface area (Å²) < 4.78 is 5.13. The molecule has 0 spiro atoms. The lowest BCUT2D eigenvalue weighted by molar-refractivity contribution is -0.159. The molecular weight excluding hydrogens is 476 g/mol. The molecule has 1 aromatic carbocycles. The number of β-lactam (4-membered cyclic amide) rings is 1. The van der Waals surface area contributed by atoms with Gasteiger partial charge in [0.1, 0.15) is 17.3 Å². The number of nitrogens with one attached hydrogen (secondary N) is 2. The van der Waals surface area contributed by atoms with E-state index in [0.29, 0.717) is 29.3 Å². The van der Waals surface area contributed by atoms with Crippen LogP contribution in [0.15, 0.2) is 75.0 Å². The van der Waals surface area contributed by atoms with Crippen LogP contribution < -0.4 is 5.48 Å². The number of nitrogens with zero attached hydrogens (tertiary/aromatic N) is 2. The zero-order valence-corrected chi connectivity index (χ0v) is 19.5. The summed E-state index contributed by atoms with van der Waals surface area (Å²) in [7, 11) is 0. The third-order valence-electron chi connectivity index (χ3n) is 5.27. The fraction of sp³-hybridized carbons (Fsp3) is 0.217. The lowest BCUT2D eigenvalue weighted by Crippen LogP contribution is -2.54. The lowest BCUT2D eigenvalue weighted by Gasteiger charge is -2.44. The van der Waals surface area contributed by atoms with E-state index in [-0.39, 0.29) is 23.4 Å². The summed E-state index contributed by atoms with van der Waals surface area (Å²) in [4.78, 5) is 52.8. The molecule has 0 saturated carbocycles. The number of benzene rings is 1. The quantitative estimate of drug-likeness (QED) is 0.379. The molecule has 0 radical (unpaired) electrons. The number of hydroxylamine groups is 1. The maximum atomic E-state index is 12.9. The summed E-state index contributed by atoms with van der Waals surface area (Å²) in [6.45, 7) is 0. The standard InChI is InChI=1S/C23H20N4O5S2/c28-19(11-15-2-1-9-31-15)26-32-23(30)22-17(13-33-21-12-20(29)27(21)22)34-16-5-3-14(4-6-16)10-18-24-7-8-25-18/h1-9,21H,10-13H2,(H,24,25)(H,26,28)/t21-/m0/s1. The Hall–Kier alpha value is -3.44. The Balaban J connectivity index is 1.29. The number of furan rings is 1. The van der Waals surface area contributed by atoms with Gasteiger partial charge in [-0.2, -0.15) is 5.48 Å². The number of fused-ring (bicyclic) bond motifs is 1. The Kier molecular flexibility index (Phi) is 6.45. The third kappa shape index (κ3) is 4.90. The monoisotopic (exact) mass is 496 g/mol. The summed E-state index contributed by atoms with van der Waals surface area (Å²) in [5.74, 6) is 0.473. The van der Waals surface area contributed by atoms with E-state index in [9.17, 15) is 14.4 Å². The van der Waals surface area contributed by atoms with Gasteiger partial charge in [0.15, 0.2) is 0 Å². The van der Waals surface area contributed by atoms with Gasteiger partial charge in [0.2, 0.25) is 5.91 Å². The van der Waals surface area contributed by atoms with E-state index in [1.165, 1.54) is 22.9 Å². The molecule has 2 aromatic heterocycles.